The lowest BCUT2D eigenvalue weighted by Gasteiger charge is -2.17. The molecule has 5 heteroatoms. The molecular formula is C16H24N2O2S. The molecule has 0 aliphatic carbocycles. The van der Waals surface area contributed by atoms with Gasteiger partial charge in [-0.3, -0.25) is 0 Å². The summed E-state index contributed by atoms with van der Waals surface area (Å²) in [7, 11) is 0. The summed E-state index contributed by atoms with van der Waals surface area (Å²) in [6.45, 7) is 8.36. The molecule has 0 spiro atoms. The van der Waals surface area contributed by atoms with Crippen molar-refractivity contribution >= 4 is 29.0 Å². The molecule has 0 aromatic heterocycles. The van der Waals surface area contributed by atoms with E-state index in [1.54, 1.807) is 19.1 Å². The van der Waals surface area contributed by atoms with Gasteiger partial charge >= 0.3 is 5.97 Å². The number of anilines is 1. The summed E-state index contributed by atoms with van der Waals surface area (Å²) in [4.78, 5) is 11.8. The molecule has 1 aromatic rings. The normalized spacial score (nSPS) is 11.6. The van der Waals surface area contributed by atoms with E-state index in [2.05, 4.69) is 24.5 Å². The van der Waals surface area contributed by atoms with Gasteiger partial charge < -0.3 is 15.4 Å². The molecule has 0 aliphatic rings. The van der Waals surface area contributed by atoms with Crippen LogP contribution in [0.25, 0.3) is 0 Å². The van der Waals surface area contributed by atoms with Gasteiger partial charge in [-0.15, -0.1) is 0 Å². The first-order chi connectivity index (χ1) is 9.97. The van der Waals surface area contributed by atoms with E-state index in [1.807, 2.05) is 13.0 Å². The smallest absolute Gasteiger partial charge is 0.338 e. The van der Waals surface area contributed by atoms with Crippen LogP contribution in [0, 0.1) is 6.92 Å². The summed E-state index contributed by atoms with van der Waals surface area (Å²) >= 11 is 5.31. The number of aryl methyl sites for hydroxylation is 1. The molecule has 0 radical (unpaired) electrons. The number of esters is 1. The lowest BCUT2D eigenvalue weighted by atomic mass is 10.1. The van der Waals surface area contributed by atoms with Crippen LogP contribution in [0.4, 0.5) is 5.69 Å². The minimum atomic E-state index is -0.321. The minimum Gasteiger partial charge on any atom is -0.462 e. The zero-order chi connectivity index (χ0) is 15.8. The topological polar surface area (TPSA) is 50.4 Å². The van der Waals surface area contributed by atoms with Crippen LogP contribution in [0.3, 0.4) is 0 Å². The maximum Gasteiger partial charge on any atom is 0.338 e. The summed E-state index contributed by atoms with van der Waals surface area (Å²) in [5, 5.41) is 6.95. The standard InChI is InChI=1S/C16H24N2O2S/c1-5-7-12(4)17-16(21)18-14-10-13(9-8-11(14)3)15(19)20-6-2/h8-10,12H,5-7H2,1-4H3,(H2,17,18,21). The summed E-state index contributed by atoms with van der Waals surface area (Å²) in [5.41, 5.74) is 2.37. The van der Waals surface area contributed by atoms with Crippen molar-refractivity contribution in [2.24, 2.45) is 0 Å². The third-order valence-electron chi connectivity index (χ3n) is 3.10. The van der Waals surface area contributed by atoms with Crippen molar-refractivity contribution in [2.45, 2.75) is 46.6 Å². The molecule has 0 heterocycles. The van der Waals surface area contributed by atoms with E-state index in [9.17, 15) is 4.79 Å². The molecule has 0 bridgehead atoms. The van der Waals surface area contributed by atoms with Crippen LogP contribution in [0.1, 0.15) is 49.5 Å². The van der Waals surface area contributed by atoms with Gasteiger partial charge in [-0.2, -0.15) is 0 Å². The monoisotopic (exact) mass is 308 g/mol. The van der Waals surface area contributed by atoms with Crippen molar-refractivity contribution in [1.82, 2.24) is 5.32 Å². The zero-order valence-corrected chi connectivity index (χ0v) is 14.0. The SMILES string of the molecule is CCCC(C)NC(=S)Nc1cc(C(=O)OCC)ccc1C. The summed E-state index contributed by atoms with van der Waals surface area (Å²) in [5.74, 6) is -0.321. The van der Waals surface area contributed by atoms with Gasteiger partial charge in [0.1, 0.15) is 0 Å². The Kier molecular flexibility index (Phi) is 7.15. The van der Waals surface area contributed by atoms with Gasteiger partial charge in [-0.25, -0.2) is 4.79 Å². The number of hydrogen-bond acceptors (Lipinski definition) is 3. The van der Waals surface area contributed by atoms with E-state index in [0.717, 1.165) is 24.1 Å². The molecule has 1 unspecified atom stereocenters. The molecule has 0 fully saturated rings. The van der Waals surface area contributed by atoms with Crippen LogP contribution in [0.2, 0.25) is 0 Å². The Morgan fingerprint density at radius 2 is 2.10 bits per heavy atom. The predicted octanol–water partition coefficient (Wildman–Crippen LogP) is 3.65. The van der Waals surface area contributed by atoms with Crippen molar-refractivity contribution in [1.29, 1.82) is 0 Å². The number of ether oxygens (including phenoxy) is 1. The fraction of sp³-hybridized carbons (Fsp3) is 0.500. The third kappa shape index (κ3) is 5.71. The fourth-order valence-electron chi connectivity index (χ4n) is 1.99. The highest BCUT2D eigenvalue weighted by atomic mass is 32.1. The number of thiocarbonyl (C=S) groups is 1. The molecule has 1 aromatic carbocycles. The Balaban J connectivity index is 2.75. The van der Waals surface area contributed by atoms with Gasteiger partial charge in [0.15, 0.2) is 5.11 Å². The Morgan fingerprint density at radius 3 is 2.71 bits per heavy atom. The lowest BCUT2D eigenvalue weighted by Crippen LogP contribution is -2.35. The zero-order valence-electron chi connectivity index (χ0n) is 13.2. The van der Waals surface area contributed by atoms with Crippen molar-refractivity contribution in [3.05, 3.63) is 29.3 Å². The average Bonchev–Trinajstić information content (AvgIpc) is 2.41. The van der Waals surface area contributed by atoms with Gasteiger partial charge in [0.25, 0.3) is 0 Å². The Hall–Kier alpha value is -1.62. The Bertz CT molecular complexity index is 503. The van der Waals surface area contributed by atoms with E-state index in [1.165, 1.54) is 0 Å². The highest BCUT2D eigenvalue weighted by Gasteiger charge is 2.10. The van der Waals surface area contributed by atoms with Gasteiger partial charge in [0.2, 0.25) is 0 Å². The van der Waals surface area contributed by atoms with Gasteiger partial charge in [0, 0.05) is 11.7 Å². The van der Waals surface area contributed by atoms with E-state index in [0.29, 0.717) is 23.3 Å². The van der Waals surface area contributed by atoms with Crippen molar-refractivity contribution in [3.8, 4) is 0 Å². The van der Waals surface area contributed by atoms with E-state index in [4.69, 9.17) is 17.0 Å². The summed E-state index contributed by atoms with van der Waals surface area (Å²) in [6.07, 6.45) is 2.16. The van der Waals surface area contributed by atoms with Crippen LogP contribution in [-0.4, -0.2) is 23.7 Å². The Morgan fingerprint density at radius 1 is 1.38 bits per heavy atom. The largest absolute Gasteiger partial charge is 0.462 e. The number of hydrogen-bond donors (Lipinski definition) is 2. The first-order valence-corrected chi connectivity index (χ1v) is 7.74. The van der Waals surface area contributed by atoms with Gasteiger partial charge in [-0.05, 0) is 57.1 Å². The molecule has 0 saturated carbocycles. The molecule has 0 amide bonds. The van der Waals surface area contributed by atoms with Crippen molar-refractivity contribution in [3.63, 3.8) is 0 Å². The molecule has 1 rings (SSSR count). The van der Waals surface area contributed by atoms with Crippen LogP contribution < -0.4 is 10.6 Å². The lowest BCUT2D eigenvalue weighted by molar-refractivity contribution is 0.0526. The first-order valence-electron chi connectivity index (χ1n) is 7.33. The molecule has 4 nitrogen and oxygen atoms in total. The number of nitrogens with one attached hydrogen (secondary N) is 2. The highest BCUT2D eigenvalue weighted by Crippen LogP contribution is 2.17. The number of carbonyl (C=O) groups excluding carboxylic acids is 1. The highest BCUT2D eigenvalue weighted by molar-refractivity contribution is 7.80. The van der Waals surface area contributed by atoms with E-state index < -0.39 is 0 Å². The number of rotatable bonds is 6. The third-order valence-corrected chi connectivity index (χ3v) is 3.32. The summed E-state index contributed by atoms with van der Waals surface area (Å²) in [6, 6.07) is 5.73. The Labute approximate surface area is 132 Å². The second-order valence-corrected chi connectivity index (χ2v) is 5.45. The molecule has 21 heavy (non-hydrogen) atoms. The maximum absolute atomic E-state index is 11.8. The quantitative estimate of drug-likeness (QED) is 0.620. The second kappa shape index (κ2) is 8.62. The van der Waals surface area contributed by atoms with E-state index >= 15 is 0 Å². The molecule has 0 aliphatic heterocycles. The molecule has 2 N–H and O–H groups in total. The minimum absolute atomic E-state index is 0.321. The van der Waals surface area contributed by atoms with Crippen LogP contribution in [-0.2, 0) is 4.74 Å². The van der Waals surface area contributed by atoms with Crippen LogP contribution in [0.15, 0.2) is 18.2 Å². The molecule has 1 atom stereocenters. The number of carbonyl (C=O) groups is 1. The van der Waals surface area contributed by atoms with Crippen molar-refractivity contribution in [2.75, 3.05) is 11.9 Å². The summed E-state index contributed by atoms with van der Waals surface area (Å²) < 4.78 is 5.01. The molecule has 116 valence electrons. The van der Waals surface area contributed by atoms with Crippen LogP contribution >= 0.6 is 12.2 Å². The van der Waals surface area contributed by atoms with Gasteiger partial charge in [-0.1, -0.05) is 19.4 Å². The first kappa shape index (κ1) is 17.4. The molecular weight excluding hydrogens is 284 g/mol. The maximum atomic E-state index is 11.8. The number of benzene rings is 1. The molecule has 0 saturated heterocycles. The van der Waals surface area contributed by atoms with Crippen LogP contribution in [0.5, 0.6) is 0 Å². The van der Waals surface area contributed by atoms with Gasteiger partial charge in [0.05, 0.1) is 12.2 Å². The van der Waals surface area contributed by atoms with Crippen molar-refractivity contribution < 1.29 is 9.53 Å². The fourth-order valence-corrected chi connectivity index (χ4v) is 2.30. The average molecular weight is 308 g/mol. The second-order valence-electron chi connectivity index (χ2n) is 5.04. The van der Waals surface area contributed by atoms with E-state index in [-0.39, 0.29) is 5.97 Å². The predicted molar refractivity (Wildman–Crippen MR) is 90.9 cm³/mol.